The zero-order valence-corrected chi connectivity index (χ0v) is 22.1. The van der Waals surface area contributed by atoms with Crippen LogP contribution in [0, 0.1) is 17.0 Å². The lowest BCUT2D eigenvalue weighted by Gasteiger charge is -2.09. The molecule has 0 aliphatic carbocycles. The van der Waals surface area contributed by atoms with Gasteiger partial charge in [-0.3, -0.25) is 19.2 Å². The van der Waals surface area contributed by atoms with Crippen LogP contribution in [-0.2, 0) is 20.2 Å². The van der Waals surface area contributed by atoms with Crippen LogP contribution >= 0.6 is 0 Å². The van der Waals surface area contributed by atoms with Gasteiger partial charge < -0.3 is 15.3 Å². The number of aromatic hydroxyl groups is 3. The molecule has 0 atom stereocenters. The quantitative estimate of drug-likeness (QED) is 0.0762. The number of nitrogens with zero attached hydrogens (tertiary/aromatic N) is 5. The van der Waals surface area contributed by atoms with Crippen molar-refractivity contribution in [2.45, 2.75) is 16.7 Å². The zero-order valence-electron chi connectivity index (χ0n) is 20.4. The first-order valence-corrected chi connectivity index (χ1v) is 13.8. The lowest BCUT2D eigenvalue weighted by molar-refractivity contribution is -0.385. The number of nitro groups is 1. The zero-order chi connectivity index (χ0) is 30.3. The standard InChI is InChI=1S/C23H17N5O11S2/c1-11-2-5-18(29)16(6-11)25-24-13-4-3-12-7-19(40(34,35)36)21(22(30)15(12)8-13)27-26-17-9-14(28(32)33)10-20(23(17)31)41(37,38)39/h2-10,29-31H,1H3,(H,34,35,36)(H,37,38,39). The van der Waals surface area contributed by atoms with E-state index in [-0.39, 0.29) is 27.9 Å². The van der Waals surface area contributed by atoms with Gasteiger partial charge in [0.2, 0.25) is 0 Å². The maximum absolute atomic E-state index is 12.1. The summed E-state index contributed by atoms with van der Waals surface area (Å²) in [7, 11) is -10.2. The van der Waals surface area contributed by atoms with Gasteiger partial charge in [0.05, 0.1) is 10.6 Å². The lowest BCUT2D eigenvalue weighted by Crippen LogP contribution is -2.00. The fraction of sp³-hybridized carbons (Fsp3) is 0.0435. The molecule has 18 heteroatoms. The van der Waals surface area contributed by atoms with Crippen molar-refractivity contribution >= 4 is 59.4 Å². The SMILES string of the molecule is Cc1ccc(O)c(N=Nc2ccc3cc(S(=O)(=O)O)c(N=Nc4cc([N+](=O)[O-])cc(S(=O)(=O)O)c4O)c(O)c3c2)c1. The largest absolute Gasteiger partial charge is 0.506 e. The first-order chi connectivity index (χ1) is 19.1. The molecule has 4 rings (SSSR count). The summed E-state index contributed by atoms with van der Waals surface area (Å²) in [6.45, 7) is 1.77. The molecular weight excluding hydrogens is 586 g/mol. The molecule has 4 aromatic rings. The number of rotatable bonds is 7. The Labute approximate surface area is 230 Å². The molecule has 0 saturated heterocycles. The fourth-order valence-electron chi connectivity index (χ4n) is 3.57. The number of azo groups is 2. The van der Waals surface area contributed by atoms with Gasteiger partial charge in [0.25, 0.3) is 25.9 Å². The van der Waals surface area contributed by atoms with E-state index in [1.54, 1.807) is 19.1 Å². The van der Waals surface area contributed by atoms with Crippen LogP contribution < -0.4 is 0 Å². The first kappa shape index (κ1) is 29.0. The van der Waals surface area contributed by atoms with Crippen molar-refractivity contribution in [3.63, 3.8) is 0 Å². The number of benzene rings is 4. The minimum absolute atomic E-state index is 0.0712. The van der Waals surface area contributed by atoms with E-state index < -0.39 is 63.5 Å². The molecule has 0 aromatic heterocycles. The Bertz CT molecular complexity index is 2030. The minimum atomic E-state index is -5.18. The Balaban J connectivity index is 1.89. The Morgan fingerprint density at radius 3 is 2.02 bits per heavy atom. The van der Waals surface area contributed by atoms with Crippen LogP contribution in [0.15, 0.2) is 84.8 Å². The predicted molar refractivity (Wildman–Crippen MR) is 141 cm³/mol. The van der Waals surface area contributed by atoms with E-state index in [0.717, 1.165) is 11.6 Å². The topological polar surface area (TPSA) is 262 Å². The molecule has 41 heavy (non-hydrogen) atoms. The summed E-state index contributed by atoms with van der Waals surface area (Å²) >= 11 is 0. The van der Waals surface area contributed by atoms with Crippen molar-refractivity contribution in [3.05, 3.63) is 70.3 Å². The summed E-state index contributed by atoms with van der Waals surface area (Å²) in [4.78, 5) is 7.91. The van der Waals surface area contributed by atoms with Crippen LogP contribution in [-0.4, -0.2) is 46.2 Å². The minimum Gasteiger partial charge on any atom is -0.506 e. The number of aryl methyl sites for hydroxylation is 1. The second-order valence-electron chi connectivity index (χ2n) is 8.39. The Hall–Kier alpha value is -5.04. The van der Waals surface area contributed by atoms with Crippen LogP contribution in [0.2, 0.25) is 0 Å². The van der Waals surface area contributed by atoms with Crippen molar-refractivity contribution in [3.8, 4) is 17.2 Å². The molecule has 0 saturated carbocycles. The highest BCUT2D eigenvalue weighted by atomic mass is 32.2. The lowest BCUT2D eigenvalue weighted by atomic mass is 10.1. The Morgan fingerprint density at radius 2 is 1.39 bits per heavy atom. The van der Waals surface area contributed by atoms with E-state index in [1.165, 1.54) is 24.3 Å². The number of nitro benzene ring substituents is 1. The second-order valence-corrected chi connectivity index (χ2v) is 11.2. The predicted octanol–water partition coefficient (Wildman–Crippen LogP) is 5.50. The van der Waals surface area contributed by atoms with Gasteiger partial charge >= 0.3 is 0 Å². The molecule has 0 radical (unpaired) electrons. The fourth-order valence-corrected chi connectivity index (χ4v) is 4.85. The number of phenolic OH excluding ortho intramolecular Hbond substituents is 3. The van der Waals surface area contributed by atoms with Crippen molar-refractivity contribution in [2.75, 3.05) is 0 Å². The molecule has 0 fully saturated rings. The summed E-state index contributed by atoms with van der Waals surface area (Å²) in [5.74, 6) is -2.28. The third kappa shape index (κ3) is 6.09. The van der Waals surface area contributed by atoms with Crippen LogP contribution in [0.1, 0.15) is 5.56 Å². The normalized spacial score (nSPS) is 12.5. The molecule has 212 valence electrons. The highest BCUT2D eigenvalue weighted by molar-refractivity contribution is 7.86. The number of phenols is 3. The summed E-state index contributed by atoms with van der Waals surface area (Å²) in [6.07, 6.45) is 0. The molecule has 5 N–H and O–H groups in total. The van der Waals surface area contributed by atoms with Gasteiger partial charge in [-0.25, -0.2) is 0 Å². The molecule has 0 unspecified atom stereocenters. The summed E-state index contributed by atoms with van der Waals surface area (Å²) in [6, 6.07) is 10.5. The third-order valence-corrected chi connectivity index (χ3v) is 7.24. The smallest absolute Gasteiger partial charge is 0.298 e. The van der Waals surface area contributed by atoms with Crippen LogP contribution in [0.3, 0.4) is 0 Å². The van der Waals surface area contributed by atoms with Gasteiger partial charge in [-0.05, 0) is 48.2 Å². The van der Waals surface area contributed by atoms with Crippen molar-refractivity contribution in [2.24, 2.45) is 20.5 Å². The van der Waals surface area contributed by atoms with Gasteiger partial charge in [-0.15, -0.1) is 15.3 Å². The van der Waals surface area contributed by atoms with Crippen LogP contribution in [0.25, 0.3) is 10.8 Å². The van der Waals surface area contributed by atoms with Gasteiger partial charge in [-0.1, -0.05) is 12.1 Å². The van der Waals surface area contributed by atoms with Crippen molar-refractivity contribution in [1.29, 1.82) is 0 Å². The van der Waals surface area contributed by atoms with E-state index in [0.29, 0.717) is 12.1 Å². The van der Waals surface area contributed by atoms with Crippen LogP contribution in [0.4, 0.5) is 28.4 Å². The molecule has 0 bridgehead atoms. The first-order valence-electron chi connectivity index (χ1n) is 11.0. The van der Waals surface area contributed by atoms with Crippen molar-refractivity contribution in [1.82, 2.24) is 0 Å². The van der Waals surface area contributed by atoms with E-state index in [9.17, 15) is 51.4 Å². The maximum atomic E-state index is 12.1. The van der Waals surface area contributed by atoms with E-state index in [1.807, 2.05) is 0 Å². The molecular formula is C23H17N5O11S2. The van der Waals surface area contributed by atoms with Gasteiger partial charge in [0.15, 0.2) is 11.5 Å². The summed E-state index contributed by atoms with van der Waals surface area (Å²) < 4.78 is 66.3. The number of hydrogen-bond acceptors (Lipinski definition) is 13. The maximum Gasteiger partial charge on any atom is 0.298 e. The average Bonchev–Trinajstić information content (AvgIpc) is 2.88. The van der Waals surface area contributed by atoms with Crippen LogP contribution in [0.5, 0.6) is 17.2 Å². The number of non-ortho nitro benzene ring substituents is 1. The molecule has 0 spiro atoms. The molecule has 0 aliphatic rings. The number of hydrogen-bond donors (Lipinski definition) is 5. The Kier molecular flexibility index (Phi) is 7.42. The van der Waals surface area contributed by atoms with Crippen molar-refractivity contribution < 1.29 is 46.2 Å². The Morgan fingerprint density at radius 1 is 0.732 bits per heavy atom. The van der Waals surface area contributed by atoms with Gasteiger partial charge in [-0.2, -0.15) is 21.9 Å². The monoisotopic (exact) mass is 603 g/mol. The second kappa shape index (κ2) is 10.5. The molecule has 0 aliphatic heterocycles. The van der Waals surface area contributed by atoms with Gasteiger partial charge in [0, 0.05) is 17.5 Å². The van der Waals surface area contributed by atoms with E-state index in [2.05, 4.69) is 20.5 Å². The van der Waals surface area contributed by atoms with E-state index >= 15 is 0 Å². The molecule has 16 nitrogen and oxygen atoms in total. The third-order valence-electron chi connectivity index (χ3n) is 5.50. The van der Waals surface area contributed by atoms with Gasteiger partial charge in [0.1, 0.15) is 32.6 Å². The highest BCUT2D eigenvalue weighted by Crippen LogP contribution is 2.44. The average molecular weight is 604 g/mol. The molecule has 4 aromatic carbocycles. The highest BCUT2D eigenvalue weighted by Gasteiger charge is 2.26. The summed E-state index contributed by atoms with van der Waals surface area (Å²) in [5, 5.41) is 57.2. The summed E-state index contributed by atoms with van der Waals surface area (Å²) in [5.41, 5.74) is -1.65. The molecule has 0 amide bonds. The van der Waals surface area contributed by atoms with E-state index in [4.69, 9.17) is 0 Å². The molecule has 0 heterocycles. The number of fused-ring (bicyclic) bond motifs is 1.